The molecular formula is C14H18ClN3O. The standard InChI is InChI=1S/C14H18ClN3O/c15-10-3-4-12(18-16)11(7-10)13(19)17-8-14(5-6-14)9-1-2-9/h3-4,7,9,18H,1-2,5-6,8,16H2,(H,17,19). The van der Waals surface area contributed by atoms with Crippen LogP contribution in [-0.4, -0.2) is 12.5 Å². The van der Waals surface area contributed by atoms with E-state index in [9.17, 15) is 4.79 Å². The predicted molar refractivity (Wildman–Crippen MR) is 76.0 cm³/mol. The molecule has 1 aromatic rings. The Morgan fingerprint density at radius 3 is 2.74 bits per heavy atom. The second kappa shape index (κ2) is 4.69. The highest BCUT2D eigenvalue weighted by Gasteiger charge is 2.53. The third kappa shape index (κ3) is 2.55. The van der Waals surface area contributed by atoms with Crippen molar-refractivity contribution < 1.29 is 4.79 Å². The number of hydrogen-bond donors (Lipinski definition) is 3. The highest BCUT2D eigenvalue weighted by atomic mass is 35.5. The van der Waals surface area contributed by atoms with Crippen LogP contribution in [0.5, 0.6) is 0 Å². The van der Waals surface area contributed by atoms with Gasteiger partial charge in [-0.05, 0) is 55.2 Å². The summed E-state index contributed by atoms with van der Waals surface area (Å²) in [5.74, 6) is 6.14. The highest BCUT2D eigenvalue weighted by Crippen LogP contribution is 2.60. The summed E-state index contributed by atoms with van der Waals surface area (Å²) in [7, 11) is 0. The van der Waals surface area contributed by atoms with Crippen molar-refractivity contribution in [1.29, 1.82) is 0 Å². The van der Waals surface area contributed by atoms with E-state index in [0.29, 0.717) is 21.7 Å². The van der Waals surface area contributed by atoms with Crippen molar-refractivity contribution in [2.75, 3.05) is 12.0 Å². The fraction of sp³-hybridized carbons (Fsp3) is 0.500. The second-order valence-electron chi connectivity index (χ2n) is 5.65. The minimum absolute atomic E-state index is 0.109. The van der Waals surface area contributed by atoms with E-state index in [0.717, 1.165) is 12.5 Å². The van der Waals surface area contributed by atoms with Crippen LogP contribution in [0.3, 0.4) is 0 Å². The first-order chi connectivity index (χ1) is 9.14. The largest absolute Gasteiger partial charge is 0.351 e. The van der Waals surface area contributed by atoms with E-state index >= 15 is 0 Å². The molecule has 0 atom stereocenters. The number of nitrogen functional groups attached to an aromatic ring is 1. The predicted octanol–water partition coefficient (Wildman–Crippen LogP) is 2.55. The molecule has 0 radical (unpaired) electrons. The Balaban J connectivity index is 1.68. The maximum Gasteiger partial charge on any atom is 0.253 e. The Labute approximate surface area is 117 Å². The van der Waals surface area contributed by atoms with Crippen LogP contribution in [0.4, 0.5) is 5.69 Å². The zero-order chi connectivity index (χ0) is 13.5. The summed E-state index contributed by atoms with van der Waals surface area (Å²) in [5.41, 5.74) is 4.02. The summed E-state index contributed by atoms with van der Waals surface area (Å²) < 4.78 is 0. The van der Waals surface area contributed by atoms with E-state index in [4.69, 9.17) is 17.4 Å². The summed E-state index contributed by atoms with van der Waals surface area (Å²) >= 11 is 5.93. The second-order valence-corrected chi connectivity index (χ2v) is 6.09. The quantitative estimate of drug-likeness (QED) is 0.573. The fourth-order valence-electron chi connectivity index (χ4n) is 2.77. The van der Waals surface area contributed by atoms with Crippen LogP contribution in [0, 0.1) is 11.3 Å². The molecule has 4 N–H and O–H groups in total. The van der Waals surface area contributed by atoms with E-state index < -0.39 is 0 Å². The maximum atomic E-state index is 12.2. The topological polar surface area (TPSA) is 67.1 Å². The van der Waals surface area contributed by atoms with Crippen LogP contribution < -0.4 is 16.6 Å². The number of nitrogens with one attached hydrogen (secondary N) is 2. The average Bonchev–Trinajstić information content (AvgIpc) is 3.28. The van der Waals surface area contributed by atoms with Crippen molar-refractivity contribution in [2.24, 2.45) is 17.2 Å². The molecule has 19 heavy (non-hydrogen) atoms. The van der Waals surface area contributed by atoms with Crippen LogP contribution in [0.2, 0.25) is 5.02 Å². The van der Waals surface area contributed by atoms with Gasteiger partial charge in [0.15, 0.2) is 0 Å². The van der Waals surface area contributed by atoms with Gasteiger partial charge in [-0.25, -0.2) is 0 Å². The van der Waals surface area contributed by atoms with Gasteiger partial charge in [-0.2, -0.15) is 0 Å². The molecule has 0 saturated heterocycles. The van der Waals surface area contributed by atoms with Crippen LogP contribution in [0.15, 0.2) is 18.2 Å². The van der Waals surface area contributed by atoms with Crippen molar-refractivity contribution >= 4 is 23.2 Å². The molecule has 4 nitrogen and oxygen atoms in total. The van der Waals surface area contributed by atoms with Gasteiger partial charge < -0.3 is 10.7 Å². The Hall–Kier alpha value is -1.26. The number of hydrogen-bond acceptors (Lipinski definition) is 3. The fourth-order valence-corrected chi connectivity index (χ4v) is 2.94. The molecule has 0 spiro atoms. The number of anilines is 1. The van der Waals surface area contributed by atoms with Crippen molar-refractivity contribution in [3.8, 4) is 0 Å². The number of benzene rings is 1. The summed E-state index contributed by atoms with van der Waals surface area (Å²) in [6.45, 7) is 0.771. The average molecular weight is 280 g/mol. The molecule has 1 aromatic carbocycles. The molecule has 0 heterocycles. The van der Waals surface area contributed by atoms with Gasteiger partial charge in [0.2, 0.25) is 0 Å². The highest BCUT2D eigenvalue weighted by molar-refractivity contribution is 6.31. The van der Waals surface area contributed by atoms with Crippen LogP contribution >= 0.6 is 11.6 Å². The first kappa shape index (κ1) is 12.8. The number of carbonyl (C=O) groups is 1. The summed E-state index contributed by atoms with van der Waals surface area (Å²) in [6.07, 6.45) is 5.14. The van der Waals surface area contributed by atoms with Crippen molar-refractivity contribution in [1.82, 2.24) is 5.32 Å². The number of amides is 1. The lowest BCUT2D eigenvalue weighted by Gasteiger charge is -2.16. The molecule has 2 saturated carbocycles. The molecule has 2 aliphatic rings. The first-order valence-corrected chi connectivity index (χ1v) is 7.07. The molecule has 2 fully saturated rings. The van der Waals surface area contributed by atoms with E-state index in [1.54, 1.807) is 18.2 Å². The van der Waals surface area contributed by atoms with E-state index in [1.165, 1.54) is 25.7 Å². The summed E-state index contributed by atoms with van der Waals surface area (Å²) in [5, 5.41) is 3.57. The SMILES string of the molecule is NNc1ccc(Cl)cc1C(=O)NCC1(C2CC2)CC1. The van der Waals surface area contributed by atoms with Gasteiger partial charge in [-0.3, -0.25) is 10.6 Å². The summed E-state index contributed by atoms with van der Waals surface area (Å²) in [4.78, 5) is 12.2. The molecule has 0 aromatic heterocycles. The van der Waals surface area contributed by atoms with Gasteiger partial charge in [-0.15, -0.1) is 0 Å². The minimum atomic E-state index is -0.109. The van der Waals surface area contributed by atoms with Gasteiger partial charge in [-0.1, -0.05) is 11.6 Å². The minimum Gasteiger partial charge on any atom is -0.351 e. The Morgan fingerprint density at radius 1 is 1.42 bits per heavy atom. The van der Waals surface area contributed by atoms with Gasteiger partial charge in [0.1, 0.15) is 0 Å². The molecule has 3 rings (SSSR count). The number of rotatable bonds is 5. The Morgan fingerprint density at radius 2 is 2.16 bits per heavy atom. The molecule has 5 heteroatoms. The van der Waals surface area contributed by atoms with E-state index in [2.05, 4.69) is 10.7 Å². The first-order valence-electron chi connectivity index (χ1n) is 6.69. The normalized spacial score (nSPS) is 19.9. The van der Waals surface area contributed by atoms with E-state index in [-0.39, 0.29) is 5.91 Å². The molecule has 0 aliphatic heterocycles. The third-order valence-corrected chi connectivity index (χ3v) is 4.55. The van der Waals surface area contributed by atoms with Gasteiger partial charge in [0, 0.05) is 11.6 Å². The lowest BCUT2D eigenvalue weighted by molar-refractivity contribution is 0.0943. The van der Waals surface area contributed by atoms with Gasteiger partial charge in [0.05, 0.1) is 11.3 Å². The lowest BCUT2D eigenvalue weighted by Crippen LogP contribution is -2.32. The van der Waals surface area contributed by atoms with Crippen LogP contribution in [-0.2, 0) is 0 Å². The van der Waals surface area contributed by atoms with Gasteiger partial charge >= 0.3 is 0 Å². The zero-order valence-electron chi connectivity index (χ0n) is 10.7. The molecule has 102 valence electrons. The van der Waals surface area contributed by atoms with Crippen LogP contribution in [0.25, 0.3) is 0 Å². The Kier molecular flexibility index (Phi) is 3.15. The smallest absolute Gasteiger partial charge is 0.253 e. The summed E-state index contributed by atoms with van der Waals surface area (Å²) in [6, 6.07) is 5.06. The number of nitrogens with two attached hydrogens (primary N) is 1. The molecule has 0 bridgehead atoms. The van der Waals surface area contributed by atoms with Crippen molar-refractivity contribution in [3.63, 3.8) is 0 Å². The van der Waals surface area contributed by atoms with Gasteiger partial charge in [0.25, 0.3) is 5.91 Å². The third-order valence-electron chi connectivity index (χ3n) is 4.32. The number of hydrazine groups is 1. The molecular weight excluding hydrogens is 262 g/mol. The molecule has 1 amide bonds. The molecule has 2 aliphatic carbocycles. The molecule has 0 unspecified atom stereocenters. The lowest BCUT2D eigenvalue weighted by atomic mass is 10.0. The maximum absolute atomic E-state index is 12.2. The van der Waals surface area contributed by atoms with Crippen molar-refractivity contribution in [2.45, 2.75) is 25.7 Å². The number of carbonyl (C=O) groups excluding carboxylic acids is 1. The van der Waals surface area contributed by atoms with E-state index in [1.807, 2.05) is 0 Å². The monoisotopic (exact) mass is 279 g/mol. The van der Waals surface area contributed by atoms with Crippen molar-refractivity contribution in [3.05, 3.63) is 28.8 Å². The zero-order valence-corrected chi connectivity index (χ0v) is 11.5. The number of halogens is 1. The van der Waals surface area contributed by atoms with Crippen LogP contribution in [0.1, 0.15) is 36.0 Å². The Bertz CT molecular complexity index is 509.